The Balaban J connectivity index is 2.84. The van der Waals surface area contributed by atoms with Crippen LogP contribution in [0.5, 0.6) is 0 Å². The Morgan fingerprint density at radius 2 is 2.07 bits per heavy atom. The summed E-state index contributed by atoms with van der Waals surface area (Å²) in [4.78, 5) is 0.627. The van der Waals surface area contributed by atoms with E-state index >= 15 is 0 Å². The largest absolute Gasteiger partial charge is 0.265 e. The summed E-state index contributed by atoms with van der Waals surface area (Å²) in [5, 5.41) is 2.12. The van der Waals surface area contributed by atoms with Crippen LogP contribution in [0.1, 0.15) is 17.6 Å². The van der Waals surface area contributed by atoms with Crippen molar-refractivity contribution in [2.75, 3.05) is 0 Å². The van der Waals surface area contributed by atoms with Crippen molar-refractivity contribution in [3.8, 4) is 0 Å². The molecular formula is C10H8F2S2. The first-order valence-electron chi connectivity index (χ1n) is 4.09. The Bertz CT molecular complexity index is 474. The van der Waals surface area contributed by atoms with E-state index in [0.717, 1.165) is 10.3 Å². The van der Waals surface area contributed by atoms with Crippen molar-refractivity contribution in [1.82, 2.24) is 0 Å². The molecule has 0 N–H and O–H groups in total. The zero-order valence-electron chi connectivity index (χ0n) is 7.42. The van der Waals surface area contributed by atoms with E-state index in [-0.39, 0.29) is 5.56 Å². The third-order valence-electron chi connectivity index (χ3n) is 2.16. The SMILES string of the molecule is Cc1ccc(S)c2c(C(F)F)csc12. The van der Waals surface area contributed by atoms with Gasteiger partial charge in [-0.1, -0.05) is 6.07 Å². The molecule has 0 saturated heterocycles. The third-order valence-corrected chi connectivity index (χ3v) is 3.67. The van der Waals surface area contributed by atoms with E-state index in [1.54, 1.807) is 6.07 Å². The molecule has 14 heavy (non-hydrogen) atoms. The summed E-state index contributed by atoms with van der Waals surface area (Å²) in [6, 6.07) is 3.66. The predicted molar refractivity (Wildman–Crippen MR) is 58.8 cm³/mol. The molecule has 0 unspecified atom stereocenters. The Morgan fingerprint density at radius 3 is 2.71 bits per heavy atom. The molecule has 0 amide bonds. The number of hydrogen-bond acceptors (Lipinski definition) is 2. The van der Waals surface area contributed by atoms with Crippen molar-refractivity contribution in [2.45, 2.75) is 18.2 Å². The number of hydrogen-bond donors (Lipinski definition) is 1. The summed E-state index contributed by atoms with van der Waals surface area (Å²) in [5.41, 5.74) is 1.12. The maximum absolute atomic E-state index is 12.6. The van der Waals surface area contributed by atoms with E-state index < -0.39 is 6.43 Å². The molecule has 1 aromatic heterocycles. The van der Waals surface area contributed by atoms with Gasteiger partial charge in [0.25, 0.3) is 6.43 Å². The Morgan fingerprint density at radius 1 is 1.36 bits per heavy atom. The highest BCUT2D eigenvalue weighted by atomic mass is 32.1. The molecule has 4 heteroatoms. The lowest BCUT2D eigenvalue weighted by Crippen LogP contribution is -1.82. The fourth-order valence-electron chi connectivity index (χ4n) is 1.45. The summed E-state index contributed by atoms with van der Waals surface area (Å²) in [7, 11) is 0. The first-order chi connectivity index (χ1) is 6.61. The fourth-order valence-corrected chi connectivity index (χ4v) is 2.91. The molecule has 0 aliphatic rings. The minimum atomic E-state index is -2.42. The van der Waals surface area contributed by atoms with Crippen molar-refractivity contribution in [3.63, 3.8) is 0 Å². The maximum atomic E-state index is 12.6. The molecule has 0 nitrogen and oxygen atoms in total. The zero-order chi connectivity index (χ0) is 10.3. The van der Waals surface area contributed by atoms with Crippen molar-refractivity contribution in [3.05, 3.63) is 28.6 Å². The van der Waals surface area contributed by atoms with Crippen LogP contribution in [0.4, 0.5) is 8.78 Å². The smallest absolute Gasteiger partial charge is 0.205 e. The van der Waals surface area contributed by atoms with E-state index in [2.05, 4.69) is 12.6 Å². The van der Waals surface area contributed by atoms with Crippen LogP contribution in [-0.4, -0.2) is 0 Å². The Hall–Kier alpha value is -0.610. The van der Waals surface area contributed by atoms with Gasteiger partial charge in [-0.15, -0.1) is 24.0 Å². The molecule has 0 saturated carbocycles. The van der Waals surface area contributed by atoms with Crippen LogP contribution in [0.25, 0.3) is 10.1 Å². The summed E-state index contributed by atoms with van der Waals surface area (Å²) < 4.78 is 26.1. The van der Waals surface area contributed by atoms with E-state index in [0.29, 0.717) is 10.3 Å². The molecule has 0 aliphatic heterocycles. The first-order valence-corrected chi connectivity index (χ1v) is 5.41. The highest BCUT2D eigenvalue weighted by Gasteiger charge is 2.16. The number of benzene rings is 1. The molecule has 0 fully saturated rings. The average molecular weight is 230 g/mol. The van der Waals surface area contributed by atoms with Crippen LogP contribution in [0.2, 0.25) is 0 Å². The second-order valence-corrected chi connectivity index (χ2v) is 4.46. The monoisotopic (exact) mass is 230 g/mol. The second kappa shape index (κ2) is 3.51. The summed E-state index contributed by atoms with van der Waals surface area (Å²) in [6.07, 6.45) is -2.42. The van der Waals surface area contributed by atoms with Gasteiger partial charge in [-0.05, 0) is 18.6 Å². The quantitative estimate of drug-likeness (QED) is 0.688. The van der Waals surface area contributed by atoms with Gasteiger partial charge in [0.15, 0.2) is 0 Å². The molecule has 1 heterocycles. The minimum absolute atomic E-state index is 0.0960. The molecular weight excluding hydrogens is 222 g/mol. The lowest BCUT2D eigenvalue weighted by Gasteiger charge is -2.02. The van der Waals surface area contributed by atoms with Crippen LogP contribution >= 0.6 is 24.0 Å². The average Bonchev–Trinajstić information content (AvgIpc) is 2.56. The van der Waals surface area contributed by atoms with Gasteiger partial charge in [0, 0.05) is 25.9 Å². The number of rotatable bonds is 1. The highest BCUT2D eigenvalue weighted by molar-refractivity contribution is 7.80. The summed E-state index contributed by atoms with van der Waals surface area (Å²) in [5.74, 6) is 0. The van der Waals surface area contributed by atoms with Gasteiger partial charge in [0.1, 0.15) is 0 Å². The van der Waals surface area contributed by atoms with Gasteiger partial charge >= 0.3 is 0 Å². The number of halogens is 2. The van der Waals surface area contributed by atoms with E-state index in [1.807, 2.05) is 13.0 Å². The van der Waals surface area contributed by atoms with Crippen LogP contribution < -0.4 is 0 Å². The molecule has 0 radical (unpaired) electrons. The van der Waals surface area contributed by atoms with E-state index in [1.165, 1.54) is 16.7 Å². The van der Waals surface area contributed by atoms with Crippen molar-refractivity contribution in [2.24, 2.45) is 0 Å². The number of fused-ring (bicyclic) bond motifs is 1. The maximum Gasteiger partial charge on any atom is 0.265 e. The van der Waals surface area contributed by atoms with Crippen molar-refractivity contribution >= 4 is 34.1 Å². The topological polar surface area (TPSA) is 0 Å². The van der Waals surface area contributed by atoms with Gasteiger partial charge in [0.2, 0.25) is 0 Å². The molecule has 0 bridgehead atoms. The third kappa shape index (κ3) is 1.42. The molecule has 0 atom stereocenters. The van der Waals surface area contributed by atoms with Crippen LogP contribution in [0, 0.1) is 6.92 Å². The highest BCUT2D eigenvalue weighted by Crippen LogP contribution is 2.38. The van der Waals surface area contributed by atoms with E-state index in [9.17, 15) is 8.78 Å². The molecule has 1 aromatic carbocycles. The standard InChI is InChI=1S/C10H8F2S2/c1-5-2-3-7(13)8-6(10(11)12)4-14-9(5)8/h2-4,10,13H,1H3. The zero-order valence-corrected chi connectivity index (χ0v) is 9.13. The Labute approximate surface area is 90.0 Å². The molecule has 0 spiro atoms. The first kappa shape index (κ1) is 9.93. The predicted octanol–water partition coefficient (Wildman–Crippen LogP) is 4.44. The number of thiophene rings is 1. The minimum Gasteiger partial charge on any atom is -0.205 e. The molecule has 0 aliphatic carbocycles. The van der Waals surface area contributed by atoms with Crippen LogP contribution in [0.3, 0.4) is 0 Å². The lowest BCUT2D eigenvalue weighted by atomic mass is 10.1. The van der Waals surface area contributed by atoms with Crippen LogP contribution in [0.15, 0.2) is 22.4 Å². The summed E-state index contributed by atoms with van der Waals surface area (Å²) in [6.45, 7) is 1.92. The van der Waals surface area contributed by atoms with E-state index in [4.69, 9.17) is 0 Å². The number of aryl methyl sites for hydroxylation is 1. The lowest BCUT2D eigenvalue weighted by molar-refractivity contribution is 0.153. The van der Waals surface area contributed by atoms with Gasteiger partial charge < -0.3 is 0 Å². The van der Waals surface area contributed by atoms with Gasteiger partial charge in [-0.25, -0.2) is 8.78 Å². The van der Waals surface area contributed by atoms with Crippen LogP contribution in [-0.2, 0) is 0 Å². The molecule has 2 rings (SSSR count). The van der Waals surface area contributed by atoms with Crippen molar-refractivity contribution < 1.29 is 8.78 Å². The number of thiol groups is 1. The Kier molecular flexibility index (Phi) is 2.49. The van der Waals surface area contributed by atoms with Gasteiger partial charge in [-0.2, -0.15) is 0 Å². The van der Waals surface area contributed by atoms with Crippen molar-refractivity contribution in [1.29, 1.82) is 0 Å². The summed E-state index contributed by atoms with van der Waals surface area (Å²) >= 11 is 5.56. The van der Waals surface area contributed by atoms with Gasteiger partial charge in [-0.3, -0.25) is 0 Å². The molecule has 74 valence electrons. The van der Waals surface area contributed by atoms with Gasteiger partial charge in [0.05, 0.1) is 0 Å². The second-order valence-electron chi connectivity index (χ2n) is 3.10. The molecule has 2 aromatic rings. The fraction of sp³-hybridized carbons (Fsp3) is 0.200. The number of alkyl halides is 2. The normalized spacial score (nSPS) is 11.5.